The van der Waals surface area contributed by atoms with Crippen LogP contribution in [0.1, 0.15) is 23.7 Å². The summed E-state index contributed by atoms with van der Waals surface area (Å²) < 4.78 is 44.3. The third kappa shape index (κ3) is 6.13. The van der Waals surface area contributed by atoms with Gasteiger partial charge in [-0.3, -0.25) is 9.59 Å². The maximum absolute atomic E-state index is 12.9. The van der Waals surface area contributed by atoms with Crippen LogP contribution in [0.5, 0.6) is 0 Å². The van der Waals surface area contributed by atoms with E-state index in [1.54, 1.807) is 0 Å². The van der Waals surface area contributed by atoms with Crippen LogP contribution in [0.2, 0.25) is 5.02 Å². The van der Waals surface area contributed by atoms with Gasteiger partial charge in [-0.1, -0.05) is 11.6 Å². The summed E-state index contributed by atoms with van der Waals surface area (Å²) >= 11 is 5.71. The summed E-state index contributed by atoms with van der Waals surface area (Å²) in [6, 6.07) is 10.4. The van der Waals surface area contributed by atoms with Crippen molar-refractivity contribution < 1.29 is 27.1 Å². The van der Waals surface area contributed by atoms with Crippen LogP contribution in [0.15, 0.2) is 53.4 Å². The molecule has 1 atom stereocenters. The maximum Gasteiger partial charge on any atom is 0.307 e. The van der Waals surface area contributed by atoms with Crippen molar-refractivity contribution in [1.29, 1.82) is 0 Å². The summed E-state index contributed by atoms with van der Waals surface area (Å²) in [5.41, 5.74) is 0.208. The zero-order valence-corrected chi connectivity index (χ0v) is 15.9. The van der Waals surface area contributed by atoms with Crippen LogP contribution >= 0.6 is 11.6 Å². The van der Waals surface area contributed by atoms with Gasteiger partial charge in [-0.25, -0.2) is 17.5 Å². The van der Waals surface area contributed by atoms with Crippen LogP contribution in [-0.2, 0) is 19.6 Å². The molecule has 0 radical (unpaired) electrons. The Kier molecular flexibility index (Phi) is 7.06. The summed E-state index contributed by atoms with van der Waals surface area (Å²) in [4.78, 5) is 24.0. The predicted octanol–water partition coefficient (Wildman–Crippen LogP) is 2.96. The highest BCUT2D eigenvalue weighted by Gasteiger charge is 2.20. The number of halogens is 2. The lowest BCUT2D eigenvalue weighted by atomic mass is 10.1. The van der Waals surface area contributed by atoms with Crippen molar-refractivity contribution in [1.82, 2.24) is 4.72 Å². The molecule has 9 heteroatoms. The fourth-order valence-electron chi connectivity index (χ4n) is 2.14. The first-order valence-electron chi connectivity index (χ1n) is 7.93. The van der Waals surface area contributed by atoms with Crippen LogP contribution in [0, 0.1) is 5.82 Å². The highest BCUT2D eigenvalue weighted by molar-refractivity contribution is 7.89. The molecule has 2 aromatic carbocycles. The maximum atomic E-state index is 12.9. The SMILES string of the molecule is C[C@H](OC(=O)CCNS(=O)(=O)c1ccc(Cl)cc1)C(=O)c1ccc(F)cc1. The lowest BCUT2D eigenvalue weighted by molar-refractivity contribution is -0.146. The van der Waals surface area contributed by atoms with Gasteiger partial charge in [-0.15, -0.1) is 0 Å². The summed E-state index contributed by atoms with van der Waals surface area (Å²) in [5, 5.41) is 0.400. The number of esters is 1. The van der Waals surface area contributed by atoms with Gasteiger partial charge in [0.2, 0.25) is 15.8 Å². The summed E-state index contributed by atoms with van der Waals surface area (Å²) in [6.07, 6.45) is -1.33. The highest BCUT2D eigenvalue weighted by atomic mass is 35.5. The second-order valence-electron chi connectivity index (χ2n) is 5.60. The lowest BCUT2D eigenvalue weighted by Crippen LogP contribution is -2.29. The van der Waals surface area contributed by atoms with E-state index >= 15 is 0 Å². The second-order valence-corrected chi connectivity index (χ2v) is 7.81. The first kappa shape index (κ1) is 21.0. The van der Waals surface area contributed by atoms with Gasteiger partial charge >= 0.3 is 5.97 Å². The van der Waals surface area contributed by atoms with Crippen molar-refractivity contribution in [2.45, 2.75) is 24.3 Å². The molecule has 0 unspecified atom stereocenters. The third-order valence-electron chi connectivity index (χ3n) is 3.55. The minimum absolute atomic E-state index is 0.0140. The fraction of sp³-hybridized carbons (Fsp3) is 0.222. The van der Waals surface area contributed by atoms with Gasteiger partial charge < -0.3 is 4.74 Å². The van der Waals surface area contributed by atoms with Crippen LogP contribution in [0.25, 0.3) is 0 Å². The molecular weight excluding hydrogens is 397 g/mol. The molecule has 0 aromatic heterocycles. The Balaban J connectivity index is 1.84. The summed E-state index contributed by atoms with van der Waals surface area (Å²) in [7, 11) is -3.78. The molecule has 2 aromatic rings. The third-order valence-corrected chi connectivity index (χ3v) is 5.28. The molecule has 1 N–H and O–H groups in total. The van der Waals surface area contributed by atoms with Crippen molar-refractivity contribution in [2.75, 3.05) is 6.54 Å². The molecule has 6 nitrogen and oxygen atoms in total. The Morgan fingerprint density at radius 2 is 1.70 bits per heavy atom. The molecule has 0 saturated carbocycles. The van der Waals surface area contributed by atoms with E-state index in [2.05, 4.69) is 4.72 Å². The average Bonchev–Trinajstić information content (AvgIpc) is 2.62. The number of hydrogen-bond acceptors (Lipinski definition) is 5. The van der Waals surface area contributed by atoms with E-state index < -0.39 is 33.7 Å². The van der Waals surface area contributed by atoms with Crippen molar-refractivity contribution in [3.8, 4) is 0 Å². The summed E-state index contributed by atoms with van der Waals surface area (Å²) in [6.45, 7) is 1.20. The quantitative estimate of drug-likeness (QED) is 0.530. The first-order chi connectivity index (χ1) is 12.7. The number of hydrogen-bond donors (Lipinski definition) is 1. The van der Waals surface area contributed by atoms with E-state index in [9.17, 15) is 22.4 Å². The van der Waals surface area contributed by atoms with Gasteiger partial charge in [0.25, 0.3) is 0 Å². The number of sulfonamides is 1. The molecular formula is C18H17ClFNO5S. The van der Waals surface area contributed by atoms with Gasteiger partial charge in [-0.2, -0.15) is 0 Å². The largest absolute Gasteiger partial charge is 0.454 e. The molecule has 2 rings (SSSR count). The zero-order valence-electron chi connectivity index (χ0n) is 14.3. The van der Waals surface area contributed by atoms with Crippen molar-refractivity contribution >= 4 is 33.4 Å². The van der Waals surface area contributed by atoms with E-state index in [0.717, 1.165) is 12.1 Å². The minimum Gasteiger partial charge on any atom is -0.454 e. The number of carbonyl (C=O) groups is 2. The number of benzene rings is 2. The molecule has 0 aliphatic carbocycles. The van der Waals surface area contributed by atoms with E-state index in [1.165, 1.54) is 43.3 Å². The topological polar surface area (TPSA) is 89.5 Å². The predicted molar refractivity (Wildman–Crippen MR) is 97.5 cm³/mol. The normalized spacial score (nSPS) is 12.4. The molecule has 0 amide bonds. The Hall–Kier alpha value is -2.29. The van der Waals surface area contributed by atoms with Crippen LogP contribution < -0.4 is 4.72 Å². The lowest BCUT2D eigenvalue weighted by Gasteiger charge is -2.13. The number of Topliss-reactive ketones (excluding diaryl/α,β-unsaturated/α-hetero) is 1. The molecule has 0 aliphatic heterocycles. The molecule has 144 valence electrons. The number of carbonyl (C=O) groups excluding carboxylic acids is 2. The standard InChI is InChI=1S/C18H17ClFNO5S/c1-12(18(23)13-2-6-15(20)7-3-13)26-17(22)10-11-21-27(24,25)16-8-4-14(19)5-9-16/h2-9,12,21H,10-11H2,1H3/t12-/m0/s1. The minimum atomic E-state index is -3.78. The van der Waals surface area contributed by atoms with E-state index in [1.807, 2.05) is 0 Å². The summed E-state index contributed by atoms with van der Waals surface area (Å²) in [5.74, 6) is -1.70. The molecule has 0 spiro atoms. The zero-order chi connectivity index (χ0) is 20.0. The number of rotatable bonds is 8. The number of ether oxygens (including phenoxy) is 1. The Bertz CT molecular complexity index is 914. The van der Waals surface area contributed by atoms with Gasteiger partial charge in [0, 0.05) is 17.1 Å². The molecule has 0 fully saturated rings. The van der Waals surface area contributed by atoms with Crippen molar-refractivity contribution in [2.24, 2.45) is 0 Å². The molecule has 27 heavy (non-hydrogen) atoms. The Labute approximate surface area is 161 Å². The van der Waals surface area contributed by atoms with Crippen molar-refractivity contribution in [3.63, 3.8) is 0 Å². The van der Waals surface area contributed by atoms with E-state index in [0.29, 0.717) is 5.02 Å². The second kappa shape index (κ2) is 9.07. The van der Waals surface area contributed by atoms with E-state index in [-0.39, 0.29) is 23.4 Å². The monoisotopic (exact) mass is 413 g/mol. The van der Waals surface area contributed by atoms with Crippen molar-refractivity contribution in [3.05, 3.63) is 64.9 Å². The van der Waals surface area contributed by atoms with Gasteiger partial charge in [0.1, 0.15) is 5.82 Å². The number of nitrogens with one attached hydrogen (secondary N) is 1. The van der Waals surface area contributed by atoms with Gasteiger partial charge in [0.05, 0.1) is 11.3 Å². The highest BCUT2D eigenvalue weighted by Crippen LogP contribution is 2.14. The van der Waals surface area contributed by atoms with Crippen LogP contribution in [0.3, 0.4) is 0 Å². The molecule has 0 saturated heterocycles. The molecule has 0 bridgehead atoms. The van der Waals surface area contributed by atoms with Crippen LogP contribution in [-0.4, -0.2) is 32.8 Å². The smallest absolute Gasteiger partial charge is 0.307 e. The van der Waals surface area contributed by atoms with Crippen LogP contribution in [0.4, 0.5) is 4.39 Å². The van der Waals surface area contributed by atoms with E-state index in [4.69, 9.17) is 16.3 Å². The average molecular weight is 414 g/mol. The molecule has 0 aliphatic rings. The Morgan fingerprint density at radius 3 is 2.30 bits per heavy atom. The first-order valence-corrected chi connectivity index (χ1v) is 9.79. The molecule has 0 heterocycles. The number of ketones is 1. The fourth-order valence-corrected chi connectivity index (χ4v) is 3.30. The van der Waals surface area contributed by atoms with Gasteiger partial charge in [0.15, 0.2) is 6.10 Å². The Morgan fingerprint density at radius 1 is 1.11 bits per heavy atom. The van der Waals surface area contributed by atoms with Gasteiger partial charge in [-0.05, 0) is 55.5 Å².